The van der Waals surface area contributed by atoms with Crippen molar-refractivity contribution < 1.29 is 4.39 Å². The zero-order valence-corrected chi connectivity index (χ0v) is 10.2. The molecule has 1 unspecified atom stereocenters. The highest BCUT2D eigenvalue weighted by Gasteiger charge is 2.14. The molecule has 5 heteroatoms. The molecule has 1 atom stereocenters. The molecular weight excluding hydrogens is 207 g/mol. The Balaban J connectivity index is 2.68. The van der Waals surface area contributed by atoms with Crippen LogP contribution in [0, 0.1) is 11.9 Å². The summed E-state index contributed by atoms with van der Waals surface area (Å²) in [5.41, 5.74) is 0. The fourth-order valence-corrected chi connectivity index (χ4v) is 1.42. The number of halogens is 1. The van der Waals surface area contributed by atoms with Crippen LogP contribution in [0.2, 0.25) is 0 Å². The van der Waals surface area contributed by atoms with Crippen LogP contribution in [0.5, 0.6) is 0 Å². The minimum absolute atomic E-state index is 0.240. The molecule has 0 saturated carbocycles. The van der Waals surface area contributed by atoms with Crippen molar-refractivity contribution in [1.82, 2.24) is 14.9 Å². The monoisotopic (exact) mass is 226 g/mol. The smallest absolute Gasteiger partial charge is 0.217 e. The molecule has 0 radical (unpaired) electrons. The van der Waals surface area contributed by atoms with E-state index in [1.807, 2.05) is 14.1 Å². The first-order chi connectivity index (χ1) is 7.49. The lowest BCUT2D eigenvalue weighted by atomic mass is 10.0. The highest BCUT2D eigenvalue weighted by atomic mass is 19.1. The van der Waals surface area contributed by atoms with Crippen LogP contribution in [-0.4, -0.2) is 41.5 Å². The molecule has 0 saturated heterocycles. The van der Waals surface area contributed by atoms with Gasteiger partial charge in [-0.3, -0.25) is 0 Å². The molecule has 0 aromatic carbocycles. The summed E-state index contributed by atoms with van der Waals surface area (Å²) in [4.78, 5) is 9.51. The van der Waals surface area contributed by atoms with Gasteiger partial charge in [-0.15, -0.1) is 0 Å². The number of hydrogen-bond donors (Lipinski definition) is 1. The SMILES string of the molecule is CC(C)C(CN(C)C)Nc1cc(F)ncn1. The fourth-order valence-electron chi connectivity index (χ4n) is 1.42. The lowest BCUT2D eigenvalue weighted by Crippen LogP contribution is -2.36. The Morgan fingerprint density at radius 2 is 2.06 bits per heavy atom. The fraction of sp³-hybridized carbons (Fsp3) is 0.636. The van der Waals surface area contributed by atoms with Crippen molar-refractivity contribution in [2.45, 2.75) is 19.9 Å². The predicted molar refractivity (Wildman–Crippen MR) is 62.8 cm³/mol. The summed E-state index contributed by atoms with van der Waals surface area (Å²) >= 11 is 0. The van der Waals surface area contributed by atoms with Gasteiger partial charge >= 0.3 is 0 Å². The van der Waals surface area contributed by atoms with E-state index in [2.05, 4.69) is 34.0 Å². The third-order valence-corrected chi connectivity index (χ3v) is 2.33. The first-order valence-electron chi connectivity index (χ1n) is 5.38. The van der Waals surface area contributed by atoms with Gasteiger partial charge in [-0.2, -0.15) is 4.39 Å². The zero-order valence-electron chi connectivity index (χ0n) is 10.2. The van der Waals surface area contributed by atoms with E-state index in [9.17, 15) is 4.39 Å². The number of nitrogens with one attached hydrogen (secondary N) is 1. The number of hydrogen-bond acceptors (Lipinski definition) is 4. The summed E-state index contributed by atoms with van der Waals surface area (Å²) in [6, 6.07) is 1.55. The Morgan fingerprint density at radius 1 is 1.38 bits per heavy atom. The highest BCUT2D eigenvalue weighted by molar-refractivity contribution is 5.33. The first kappa shape index (κ1) is 12.8. The molecule has 0 amide bonds. The van der Waals surface area contributed by atoms with Crippen molar-refractivity contribution in [3.8, 4) is 0 Å². The van der Waals surface area contributed by atoms with Crippen LogP contribution in [0.25, 0.3) is 0 Å². The van der Waals surface area contributed by atoms with Gasteiger partial charge in [0.1, 0.15) is 12.1 Å². The Bertz CT molecular complexity index is 328. The molecule has 0 fully saturated rings. The first-order valence-corrected chi connectivity index (χ1v) is 5.38. The minimum Gasteiger partial charge on any atom is -0.366 e. The van der Waals surface area contributed by atoms with E-state index >= 15 is 0 Å². The molecule has 1 aromatic heterocycles. The van der Waals surface area contributed by atoms with E-state index in [0.29, 0.717) is 11.7 Å². The van der Waals surface area contributed by atoms with Gasteiger partial charge in [-0.1, -0.05) is 13.8 Å². The molecule has 16 heavy (non-hydrogen) atoms. The quantitative estimate of drug-likeness (QED) is 0.774. The van der Waals surface area contributed by atoms with Crippen LogP contribution in [0.1, 0.15) is 13.8 Å². The lowest BCUT2D eigenvalue weighted by molar-refractivity contribution is 0.344. The normalized spacial score (nSPS) is 13.2. The average Bonchev–Trinajstić information content (AvgIpc) is 2.15. The predicted octanol–water partition coefficient (Wildman–Crippen LogP) is 1.61. The van der Waals surface area contributed by atoms with Crippen molar-refractivity contribution in [3.63, 3.8) is 0 Å². The maximum absolute atomic E-state index is 12.9. The van der Waals surface area contributed by atoms with Crippen molar-refractivity contribution >= 4 is 5.82 Å². The summed E-state index contributed by atoms with van der Waals surface area (Å²) in [5.74, 6) is 0.471. The van der Waals surface area contributed by atoms with Crippen molar-refractivity contribution in [2.24, 2.45) is 5.92 Å². The molecule has 0 spiro atoms. The summed E-state index contributed by atoms with van der Waals surface area (Å²) < 4.78 is 12.9. The van der Waals surface area contributed by atoms with E-state index in [1.54, 1.807) is 0 Å². The van der Waals surface area contributed by atoms with Crippen LogP contribution in [0.3, 0.4) is 0 Å². The molecular formula is C11H19FN4. The second kappa shape index (κ2) is 5.75. The van der Waals surface area contributed by atoms with Gasteiger partial charge in [0, 0.05) is 18.7 Å². The number of nitrogens with zero attached hydrogens (tertiary/aromatic N) is 3. The Morgan fingerprint density at radius 3 is 2.56 bits per heavy atom. The van der Waals surface area contributed by atoms with Crippen LogP contribution in [-0.2, 0) is 0 Å². The van der Waals surface area contributed by atoms with E-state index in [4.69, 9.17) is 0 Å². The van der Waals surface area contributed by atoms with E-state index < -0.39 is 5.95 Å². The molecule has 1 heterocycles. The van der Waals surface area contributed by atoms with Crippen LogP contribution in [0.15, 0.2) is 12.4 Å². The second-order valence-electron chi connectivity index (χ2n) is 4.48. The van der Waals surface area contributed by atoms with Crippen LogP contribution >= 0.6 is 0 Å². The number of rotatable bonds is 5. The molecule has 1 rings (SSSR count). The lowest BCUT2D eigenvalue weighted by Gasteiger charge is -2.25. The maximum atomic E-state index is 12.9. The molecule has 1 N–H and O–H groups in total. The second-order valence-corrected chi connectivity index (χ2v) is 4.48. The van der Waals surface area contributed by atoms with Gasteiger partial charge < -0.3 is 10.2 Å². The summed E-state index contributed by atoms with van der Waals surface area (Å²) in [7, 11) is 4.02. The van der Waals surface area contributed by atoms with Gasteiger partial charge in [0.25, 0.3) is 0 Å². The topological polar surface area (TPSA) is 41.0 Å². The van der Waals surface area contributed by atoms with Gasteiger partial charge in [0.2, 0.25) is 5.95 Å². The van der Waals surface area contributed by atoms with Gasteiger partial charge in [0.15, 0.2) is 0 Å². The van der Waals surface area contributed by atoms with Crippen molar-refractivity contribution in [2.75, 3.05) is 26.0 Å². The van der Waals surface area contributed by atoms with Gasteiger partial charge in [-0.05, 0) is 20.0 Å². The van der Waals surface area contributed by atoms with Crippen LogP contribution in [0.4, 0.5) is 10.2 Å². The van der Waals surface area contributed by atoms with E-state index in [0.717, 1.165) is 6.54 Å². The standard InChI is InChI=1S/C11H19FN4/c1-8(2)9(6-16(3)4)15-11-5-10(12)13-7-14-11/h5,7-9H,6H2,1-4H3,(H,13,14,15). The molecule has 0 bridgehead atoms. The molecule has 0 aliphatic rings. The number of likely N-dealkylation sites (N-methyl/N-ethyl adjacent to an activating group) is 1. The molecule has 1 aromatic rings. The largest absolute Gasteiger partial charge is 0.366 e. The molecule has 0 aliphatic carbocycles. The van der Waals surface area contributed by atoms with Gasteiger partial charge in [0.05, 0.1) is 0 Å². The molecule has 4 nitrogen and oxygen atoms in total. The summed E-state index contributed by atoms with van der Waals surface area (Å²) in [5, 5.41) is 3.22. The summed E-state index contributed by atoms with van der Waals surface area (Å²) in [6.45, 7) is 5.13. The minimum atomic E-state index is -0.509. The maximum Gasteiger partial charge on any atom is 0.217 e. The van der Waals surface area contributed by atoms with E-state index in [1.165, 1.54) is 12.4 Å². The summed E-state index contributed by atoms with van der Waals surface area (Å²) in [6.07, 6.45) is 1.23. The third-order valence-electron chi connectivity index (χ3n) is 2.33. The van der Waals surface area contributed by atoms with Crippen molar-refractivity contribution in [1.29, 1.82) is 0 Å². The average molecular weight is 226 g/mol. The molecule has 90 valence electrons. The molecule has 0 aliphatic heterocycles. The van der Waals surface area contributed by atoms with Crippen LogP contribution < -0.4 is 5.32 Å². The Kier molecular flexibility index (Phi) is 4.61. The van der Waals surface area contributed by atoms with Crippen molar-refractivity contribution in [3.05, 3.63) is 18.3 Å². The van der Waals surface area contributed by atoms with E-state index in [-0.39, 0.29) is 6.04 Å². The Hall–Kier alpha value is -1.23. The van der Waals surface area contributed by atoms with Gasteiger partial charge in [-0.25, -0.2) is 9.97 Å². The Labute approximate surface area is 95.9 Å². The highest BCUT2D eigenvalue weighted by Crippen LogP contribution is 2.11. The zero-order chi connectivity index (χ0) is 12.1. The number of anilines is 1. The third kappa shape index (κ3) is 4.10. The number of aromatic nitrogens is 2.